The van der Waals surface area contributed by atoms with E-state index in [9.17, 15) is 18.0 Å². The summed E-state index contributed by atoms with van der Waals surface area (Å²) in [5.41, 5.74) is 0. The maximum atomic E-state index is 12.8. The number of likely N-dealkylation sites (tertiary alicyclic amines) is 2. The van der Waals surface area contributed by atoms with Gasteiger partial charge in [-0.25, -0.2) is 8.42 Å². The molecule has 0 radical (unpaired) electrons. The second kappa shape index (κ2) is 8.47. The highest BCUT2D eigenvalue weighted by molar-refractivity contribution is 7.89. The van der Waals surface area contributed by atoms with Gasteiger partial charge in [0.15, 0.2) is 5.76 Å². The molecule has 4 heterocycles. The Morgan fingerprint density at radius 1 is 0.828 bits per heavy atom. The van der Waals surface area contributed by atoms with Crippen molar-refractivity contribution in [2.45, 2.75) is 50.0 Å². The second-order valence-electron chi connectivity index (χ2n) is 8.18. The summed E-state index contributed by atoms with van der Waals surface area (Å²) in [6.45, 7) is 3.64. The zero-order valence-corrected chi connectivity index (χ0v) is 17.5. The number of amides is 2. The fourth-order valence-corrected chi connectivity index (χ4v) is 5.92. The molecule has 0 spiro atoms. The van der Waals surface area contributed by atoms with Crippen LogP contribution in [-0.4, -0.2) is 73.6 Å². The minimum atomic E-state index is -3.69. The highest BCUT2D eigenvalue weighted by atomic mass is 32.2. The summed E-state index contributed by atoms with van der Waals surface area (Å²) in [4.78, 5) is 28.9. The molecule has 160 valence electrons. The summed E-state index contributed by atoms with van der Waals surface area (Å²) in [5, 5.41) is -0.165. The third-order valence-corrected chi connectivity index (χ3v) is 8.02. The summed E-state index contributed by atoms with van der Waals surface area (Å²) in [7, 11) is -3.69. The van der Waals surface area contributed by atoms with Gasteiger partial charge < -0.3 is 14.2 Å². The Hall–Kier alpha value is -1.87. The minimum absolute atomic E-state index is 0.0243. The molecule has 0 unspecified atom stereocenters. The van der Waals surface area contributed by atoms with E-state index in [2.05, 4.69) is 0 Å². The van der Waals surface area contributed by atoms with Gasteiger partial charge in [0.05, 0.1) is 0 Å². The van der Waals surface area contributed by atoms with Gasteiger partial charge in [0.1, 0.15) is 0 Å². The molecule has 29 heavy (non-hydrogen) atoms. The number of carbonyl (C=O) groups excluding carboxylic acids is 2. The molecule has 0 saturated carbocycles. The molecule has 0 atom stereocenters. The second-order valence-corrected chi connectivity index (χ2v) is 10.1. The van der Waals surface area contributed by atoms with Crippen LogP contribution in [0.2, 0.25) is 0 Å². The van der Waals surface area contributed by atoms with Gasteiger partial charge in [-0.05, 0) is 50.7 Å². The largest absolute Gasteiger partial charge is 0.438 e. The molecular weight excluding hydrogens is 394 g/mol. The summed E-state index contributed by atoms with van der Waals surface area (Å²) in [6.07, 6.45) is 6.15. The van der Waals surface area contributed by atoms with Gasteiger partial charge in [0.25, 0.3) is 15.9 Å². The summed E-state index contributed by atoms with van der Waals surface area (Å²) in [6, 6.07) is 2.82. The molecule has 1 aromatic heterocycles. The Kier molecular flexibility index (Phi) is 5.96. The van der Waals surface area contributed by atoms with Gasteiger partial charge in [-0.1, -0.05) is 6.42 Å². The zero-order valence-electron chi connectivity index (χ0n) is 16.7. The smallest absolute Gasteiger partial charge is 0.289 e. The first-order chi connectivity index (χ1) is 14.0. The molecule has 4 rings (SSSR count). The Labute approximate surface area is 171 Å². The van der Waals surface area contributed by atoms with Gasteiger partial charge in [-0.15, -0.1) is 0 Å². The first-order valence-electron chi connectivity index (χ1n) is 10.6. The van der Waals surface area contributed by atoms with Crippen LogP contribution in [0.15, 0.2) is 21.6 Å². The molecule has 3 aliphatic heterocycles. The fourth-order valence-electron chi connectivity index (χ4n) is 4.49. The lowest BCUT2D eigenvalue weighted by atomic mass is 9.95. The highest BCUT2D eigenvalue weighted by Crippen LogP contribution is 2.26. The number of rotatable bonds is 4. The van der Waals surface area contributed by atoms with Crippen LogP contribution in [0.5, 0.6) is 0 Å². The number of piperidine rings is 2. The first-order valence-corrected chi connectivity index (χ1v) is 12.1. The Morgan fingerprint density at radius 2 is 1.45 bits per heavy atom. The first kappa shape index (κ1) is 20.4. The van der Waals surface area contributed by atoms with Crippen molar-refractivity contribution >= 4 is 21.8 Å². The van der Waals surface area contributed by atoms with Crippen LogP contribution in [-0.2, 0) is 14.8 Å². The zero-order chi connectivity index (χ0) is 20.4. The maximum Gasteiger partial charge on any atom is 0.289 e. The van der Waals surface area contributed by atoms with Crippen LogP contribution in [0, 0.1) is 5.92 Å². The molecule has 0 N–H and O–H groups in total. The summed E-state index contributed by atoms with van der Waals surface area (Å²) >= 11 is 0. The van der Waals surface area contributed by atoms with E-state index in [0.29, 0.717) is 39.0 Å². The lowest BCUT2D eigenvalue weighted by Crippen LogP contribution is -2.43. The number of furan rings is 1. The van der Waals surface area contributed by atoms with Gasteiger partial charge in [0.2, 0.25) is 11.0 Å². The van der Waals surface area contributed by atoms with Crippen molar-refractivity contribution in [1.29, 1.82) is 0 Å². The SMILES string of the molecule is O=C(c1ccc(S(=O)(=O)N2CCCCC2)o1)N1CCC(C(=O)N2CCCC2)CC1. The minimum Gasteiger partial charge on any atom is -0.438 e. The van der Waals surface area contributed by atoms with Crippen LogP contribution in [0.25, 0.3) is 0 Å². The predicted molar refractivity (Wildman–Crippen MR) is 106 cm³/mol. The number of sulfonamides is 1. The monoisotopic (exact) mass is 423 g/mol. The molecule has 3 aliphatic rings. The van der Waals surface area contributed by atoms with E-state index in [0.717, 1.165) is 45.2 Å². The molecule has 2 amide bonds. The van der Waals surface area contributed by atoms with Crippen LogP contribution >= 0.6 is 0 Å². The number of hydrogen-bond donors (Lipinski definition) is 0. The fraction of sp³-hybridized carbons (Fsp3) is 0.700. The van der Waals surface area contributed by atoms with Gasteiger partial charge in [-0.3, -0.25) is 9.59 Å². The molecular formula is C20H29N3O5S. The van der Waals surface area contributed by atoms with Crippen LogP contribution < -0.4 is 0 Å². The normalized spacial score (nSPS) is 22.2. The van der Waals surface area contributed by atoms with Crippen molar-refractivity contribution in [2.24, 2.45) is 5.92 Å². The van der Waals surface area contributed by atoms with Gasteiger partial charge >= 0.3 is 0 Å². The Balaban J connectivity index is 1.36. The molecule has 0 aliphatic carbocycles. The van der Waals surface area contributed by atoms with E-state index in [4.69, 9.17) is 4.42 Å². The van der Waals surface area contributed by atoms with Gasteiger partial charge in [0, 0.05) is 45.2 Å². The molecule has 0 aromatic carbocycles. The standard InChI is InChI=1S/C20H29N3O5S/c24-19(21-10-4-5-11-21)16-8-14-22(15-9-16)20(25)17-6-7-18(28-17)29(26,27)23-12-2-1-3-13-23/h6-7,16H,1-5,8-15H2. The van der Waals surface area contributed by atoms with Crippen molar-refractivity contribution in [3.8, 4) is 0 Å². The van der Waals surface area contributed by atoms with Crippen LogP contribution in [0.3, 0.4) is 0 Å². The average Bonchev–Trinajstić information content (AvgIpc) is 3.46. The van der Waals surface area contributed by atoms with E-state index < -0.39 is 10.0 Å². The van der Waals surface area contributed by atoms with E-state index in [1.54, 1.807) is 4.90 Å². The van der Waals surface area contributed by atoms with Crippen molar-refractivity contribution in [3.05, 3.63) is 17.9 Å². The summed E-state index contributed by atoms with van der Waals surface area (Å²) in [5.74, 6) is -0.0756. The molecule has 3 saturated heterocycles. The number of hydrogen-bond acceptors (Lipinski definition) is 5. The number of carbonyl (C=O) groups is 2. The third kappa shape index (κ3) is 4.21. The van der Waals surface area contributed by atoms with Crippen molar-refractivity contribution < 1.29 is 22.4 Å². The maximum absolute atomic E-state index is 12.8. The van der Waals surface area contributed by atoms with Crippen molar-refractivity contribution in [2.75, 3.05) is 39.3 Å². The average molecular weight is 424 g/mol. The van der Waals surface area contributed by atoms with E-state index in [1.807, 2.05) is 4.90 Å². The van der Waals surface area contributed by atoms with Crippen molar-refractivity contribution in [1.82, 2.24) is 14.1 Å². The van der Waals surface area contributed by atoms with E-state index >= 15 is 0 Å². The quantitative estimate of drug-likeness (QED) is 0.738. The van der Waals surface area contributed by atoms with Crippen molar-refractivity contribution in [3.63, 3.8) is 0 Å². The summed E-state index contributed by atoms with van der Waals surface area (Å²) < 4.78 is 32.3. The Bertz CT molecular complexity index is 845. The topological polar surface area (TPSA) is 91.1 Å². The molecule has 1 aromatic rings. The lowest BCUT2D eigenvalue weighted by molar-refractivity contribution is -0.135. The van der Waals surface area contributed by atoms with Crippen LogP contribution in [0.4, 0.5) is 0 Å². The lowest BCUT2D eigenvalue weighted by Gasteiger charge is -2.32. The van der Waals surface area contributed by atoms with E-state index in [1.165, 1.54) is 16.4 Å². The van der Waals surface area contributed by atoms with Crippen LogP contribution in [0.1, 0.15) is 55.5 Å². The molecule has 9 heteroatoms. The van der Waals surface area contributed by atoms with Gasteiger partial charge in [-0.2, -0.15) is 4.31 Å². The predicted octanol–water partition coefficient (Wildman–Crippen LogP) is 1.93. The molecule has 8 nitrogen and oxygen atoms in total. The Morgan fingerprint density at radius 3 is 2.10 bits per heavy atom. The third-order valence-electron chi connectivity index (χ3n) is 6.25. The van der Waals surface area contributed by atoms with E-state index in [-0.39, 0.29) is 28.6 Å². The molecule has 0 bridgehead atoms. The number of nitrogens with zero attached hydrogens (tertiary/aromatic N) is 3. The molecule has 3 fully saturated rings. The highest BCUT2D eigenvalue weighted by Gasteiger charge is 2.34.